The summed E-state index contributed by atoms with van der Waals surface area (Å²) in [5.41, 5.74) is 7.51. The van der Waals surface area contributed by atoms with Crippen molar-refractivity contribution < 1.29 is 9.13 Å². The van der Waals surface area contributed by atoms with Gasteiger partial charge in [-0.25, -0.2) is 4.39 Å². The van der Waals surface area contributed by atoms with Gasteiger partial charge in [-0.1, -0.05) is 17.7 Å². The molecule has 5 heteroatoms. The van der Waals surface area contributed by atoms with Gasteiger partial charge in [0.05, 0.1) is 19.2 Å². The van der Waals surface area contributed by atoms with Crippen molar-refractivity contribution in [3.05, 3.63) is 35.1 Å². The average Bonchev–Trinajstić information content (AvgIpc) is 2.71. The number of aliphatic imine (C=N–C) groups is 1. The first kappa shape index (κ1) is 12.8. The molecule has 1 aromatic carbocycles. The number of halogens is 1. The van der Waals surface area contributed by atoms with Crippen LogP contribution in [0.5, 0.6) is 0 Å². The fraction of sp³-hybridized carbons (Fsp3) is 0.462. The summed E-state index contributed by atoms with van der Waals surface area (Å²) in [5.74, 6) is 0.246. The molecule has 0 aromatic heterocycles. The maximum absolute atomic E-state index is 13.9. The zero-order valence-electron chi connectivity index (χ0n) is 10.7. The van der Waals surface area contributed by atoms with Crippen LogP contribution in [0.2, 0.25) is 0 Å². The molecule has 0 bridgehead atoms. The van der Waals surface area contributed by atoms with Crippen LogP contribution in [0, 0.1) is 12.7 Å². The van der Waals surface area contributed by atoms with E-state index in [-0.39, 0.29) is 11.9 Å². The molecule has 1 aromatic rings. The van der Waals surface area contributed by atoms with Gasteiger partial charge in [0.15, 0.2) is 5.96 Å². The number of nitrogens with zero attached hydrogens (tertiary/aromatic N) is 2. The van der Waals surface area contributed by atoms with Gasteiger partial charge in [0.1, 0.15) is 5.82 Å². The van der Waals surface area contributed by atoms with E-state index in [4.69, 9.17) is 10.5 Å². The lowest BCUT2D eigenvalue weighted by atomic mass is 10.0. The Balaban J connectivity index is 2.24. The lowest BCUT2D eigenvalue weighted by Gasteiger charge is -2.26. The molecule has 1 heterocycles. The molecule has 1 aliphatic rings. The first-order valence-electron chi connectivity index (χ1n) is 5.95. The summed E-state index contributed by atoms with van der Waals surface area (Å²) in [6.07, 6.45) is 0. The van der Waals surface area contributed by atoms with Crippen LogP contribution >= 0.6 is 0 Å². The Morgan fingerprint density at radius 2 is 2.33 bits per heavy atom. The van der Waals surface area contributed by atoms with Crippen LogP contribution in [0.1, 0.15) is 17.2 Å². The quantitative estimate of drug-likeness (QED) is 0.881. The lowest BCUT2D eigenvalue weighted by Crippen LogP contribution is -2.38. The first-order valence-corrected chi connectivity index (χ1v) is 5.95. The van der Waals surface area contributed by atoms with E-state index in [1.54, 1.807) is 13.2 Å². The number of hydrogen-bond donors (Lipinski definition) is 1. The van der Waals surface area contributed by atoms with E-state index < -0.39 is 0 Å². The number of rotatable bonds is 4. The number of nitrogens with two attached hydrogens (primary N) is 1. The molecule has 0 radical (unpaired) electrons. The SMILES string of the molecule is COCCN1C(N)=NCC1c1cc(C)ccc1F. The maximum atomic E-state index is 13.9. The molecule has 0 saturated carbocycles. The molecule has 0 fully saturated rings. The van der Waals surface area contributed by atoms with Gasteiger partial charge >= 0.3 is 0 Å². The molecular formula is C13H18FN3O. The highest BCUT2D eigenvalue weighted by Gasteiger charge is 2.29. The Bertz CT molecular complexity index is 462. The van der Waals surface area contributed by atoms with Crippen molar-refractivity contribution in [3.8, 4) is 0 Å². The van der Waals surface area contributed by atoms with Crippen LogP contribution < -0.4 is 5.73 Å². The van der Waals surface area contributed by atoms with Crippen molar-refractivity contribution in [3.63, 3.8) is 0 Å². The minimum Gasteiger partial charge on any atom is -0.383 e. The fourth-order valence-corrected chi connectivity index (χ4v) is 2.17. The fourth-order valence-electron chi connectivity index (χ4n) is 2.17. The molecule has 0 amide bonds. The van der Waals surface area contributed by atoms with E-state index in [2.05, 4.69) is 4.99 Å². The van der Waals surface area contributed by atoms with E-state index in [1.807, 2.05) is 17.9 Å². The Morgan fingerprint density at radius 3 is 3.06 bits per heavy atom. The van der Waals surface area contributed by atoms with Crippen LogP contribution in [-0.4, -0.2) is 37.7 Å². The van der Waals surface area contributed by atoms with Crippen LogP contribution in [0.4, 0.5) is 4.39 Å². The number of methoxy groups -OCH3 is 1. The normalized spacial score (nSPS) is 19.2. The molecule has 0 aliphatic carbocycles. The van der Waals surface area contributed by atoms with Crippen LogP contribution in [0.3, 0.4) is 0 Å². The van der Waals surface area contributed by atoms with Gasteiger partial charge in [-0.3, -0.25) is 4.99 Å². The largest absolute Gasteiger partial charge is 0.383 e. The van der Waals surface area contributed by atoms with Crippen molar-refractivity contribution in [2.24, 2.45) is 10.7 Å². The first-order chi connectivity index (χ1) is 8.63. The smallest absolute Gasteiger partial charge is 0.192 e. The van der Waals surface area contributed by atoms with E-state index in [0.717, 1.165) is 5.56 Å². The van der Waals surface area contributed by atoms with Gasteiger partial charge in [0.25, 0.3) is 0 Å². The second-order valence-electron chi connectivity index (χ2n) is 4.43. The summed E-state index contributed by atoms with van der Waals surface area (Å²) in [5, 5.41) is 0. The number of hydrogen-bond acceptors (Lipinski definition) is 4. The minimum atomic E-state index is -0.210. The van der Waals surface area contributed by atoms with Gasteiger partial charge in [-0.2, -0.15) is 0 Å². The number of guanidine groups is 1. The molecule has 0 saturated heterocycles. The van der Waals surface area contributed by atoms with E-state index >= 15 is 0 Å². The van der Waals surface area contributed by atoms with E-state index in [0.29, 0.717) is 31.2 Å². The van der Waals surface area contributed by atoms with Crippen molar-refractivity contribution in [2.45, 2.75) is 13.0 Å². The predicted octanol–water partition coefficient (Wildman–Crippen LogP) is 1.45. The molecule has 18 heavy (non-hydrogen) atoms. The van der Waals surface area contributed by atoms with E-state index in [1.165, 1.54) is 6.07 Å². The number of aryl methyl sites for hydroxylation is 1. The molecule has 2 N–H and O–H groups in total. The third-order valence-corrected chi connectivity index (χ3v) is 3.14. The molecule has 2 rings (SSSR count). The summed E-state index contributed by atoms with van der Waals surface area (Å²) >= 11 is 0. The van der Waals surface area contributed by atoms with E-state index in [9.17, 15) is 4.39 Å². The highest BCUT2D eigenvalue weighted by molar-refractivity contribution is 5.80. The highest BCUT2D eigenvalue weighted by Crippen LogP contribution is 2.28. The van der Waals surface area contributed by atoms with Crippen molar-refractivity contribution >= 4 is 5.96 Å². The zero-order chi connectivity index (χ0) is 13.1. The topological polar surface area (TPSA) is 50.9 Å². The van der Waals surface area contributed by atoms with Crippen LogP contribution in [0.25, 0.3) is 0 Å². The third-order valence-electron chi connectivity index (χ3n) is 3.14. The Morgan fingerprint density at radius 1 is 1.56 bits per heavy atom. The van der Waals surface area contributed by atoms with Crippen molar-refractivity contribution in [2.75, 3.05) is 26.8 Å². The zero-order valence-corrected chi connectivity index (χ0v) is 10.7. The summed E-state index contributed by atoms with van der Waals surface area (Å²) < 4.78 is 18.9. The summed E-state index contributed by atoms with van der Waals surface area (Å²) in [7, 11) is 1.63. The molecule has 1 aliphatic heterocycles. The predicted molar refractivity (Wildman–Crippen MR) is 68.9 cm³/mol. The standard InChI is InChI=1S/C13H18FN3O/c1-9-3-4-11(14)10(7-9)12-8-16-13(15)17(12)5-6-18-2/h3-4,7,12H,5-6,8H2,1-2H3,(H2,15,16). The summed E-state index contributed by atoms with van der Waals surface area (Å²) in [4.78, 5) is 6.09. The van der Waals surface area contributed by atoms with Crippen molar-refractivity contribution in [1.82, 2.24) is 4.90 Å². The average molecular weight is 251 g/mol. The number of benzene rings is 1. The summed E-state index contributed by atoms with van der Waals surface area (Å²) in [6, 6.07) is 4.99. The summed E-state index contributed by atoms with van der Waals surface area (Å²) in [6.45, 7) is 3.60. The van der Waals surface area contributed by atoms with Crippen LogP contribution in [0.15, 0.2) is 23.2 Å². The molecular weight excluding hydrogens is 233 g/mol. The molecule has 1 unspecified atom stereocenters. The third kappa shape index (κ3) is 2.46. The highest BCUT2D eigenvalue weighted by atomic mass is 19.1. The lowest BCUT2D eigenvalue weighted by molar-refractivity contribution is 0.166. The maximum Gasteiger partial charge on any atom is 0.192 e. The second kappa shape index (κ2) is 5.35. The monoisotopic (exact) mass is 251 g/mol. The Hall–Kier alpha value is -1.62. The van der Waals surface area contributed by atoms with Crippen LogP contribution in [-0.2, 0) is 4.74 Å². The second-order valence-corrected chi connectivity index (χ2v) is 4.43. The molecule has 1 atom stereocenters. The molecule has 98 valence electrons. The molecule has 4 nitrogen and oxygen atoms in total. The Labute approximate surface area is 106 Å². The Kier molecular flexibility index (Phi) is 3.81. The molecule has 0 spiro atoms. The van der Waals surface area contributed by atoms with Gasteiger partial charge in [0.2, 0.25) is 0 Å². The van der Waals surface area contributed by atoms with Gasteiger partial charge < -0.3 is 15.4 Å². The minimum absolute atomic E-state index is 0.125. The van der Waals surface area contributed by atoms with Gasteiger partial charge in [0, 0.05) is 19.2 Å². The number of ether oxygens (including phenoxy) is 1. The van der Waals surface area contributed by atoms with Gasteiger partial charge in [-0.15, -0.1) is 0 Å². The van der Waals surface area contributed by atoms with Crippen molar-refractivity contribution in [1.29, 1.82) is 0 Å². The van der Waals surface area contributed by atoms with Gasteiger partial charge in [-0.05, 0) is 13.0 Å².